The summed E-state index contributed by atoms with van der Waals surface area (Å²) in [5, 5.41) is 0. The number of benzene rings is 1. The number of rotatable bonds is 4. The van der Waals surface area contributed by atoms with E-state index >= 15 is 0 Å². The predicted octanol–water partition coefficient (Wildman–Crippen LogP) is 2.71. The van der Waals surface area contributed by atoms with E-state index in [9.17, 15) is 9.18 Å². The molecule has 1 aromatic heterocycles. The maximum atomic E-state index is 14.3. The second-order valence-electron chi connectivity index (χ2n) is 4.66. The summed E-state index contributed by atoms with van der Waals surface area (Å²) in [6.45, 7) is 1.77. The van der Waals surface area contributed by atoms with Gasteiger partial charge in [0.1, 0.15) is 12.4 Å². The molecule has 1 heterocycles. The van der Waals surface area contributed by atoms with Crippen molar-refractivity contribution in [3.8, 4) is 11.1 Å². The van der Waals surface area contributed by atoms with Gasteiger partial charge < -0.3 is 10.5 Å². The highest BCUT2D eigenvalue weighted by Gasteiger charge is 2.11. The van der Waals surface area contributed by atoms with E-state index in [-0.39, 0.29) is 6.61 Å². The minimum absolute atomic E-state index is 0.100. The zero-order valence-corrected chi connectivity index (χ0v) is 12.3. The molecular formula is C16H16FN3O2. The fraction of sp³-hybridized carbons (Fsp3) is 0.188. The molecule has 0 unspecified atom stereocenters. The van der Waals surface area contributed by atoms with Crippen molar-refractivity contribution in [2.75, 3.05) is 13.7 Å². The molecule has 0 radical (unpaired) electrons. The van der Waals surface area contributed by atoms with Gasteiger partial charge in [-0.05, 0) is 19.1 Å². The van der Waals surface area contributed by atoms with Crippen LogP contribution in [0.15, 0.2) is 41.5 Å². The molecule has 0 spiro atoms. The van der Waals surface area contributed by atoms with Crippen LogP contribution in [0.1, 0.15) is 11.3 Å². The molecule has 1 amide bonds. The van der Waals surface area contributed by atoms with Gasteiger partial charge >= 0.3 is 6.09 Å². The number of ether oxygens (including phenoxy) is 1. The van der Waals surface area contributed by atoms with E-state index in [1.807, 2.05) is 19.1 Å². The van der Waals surface area contributed by atoms with Crippen molar-refractivity contribution >= 4 is 11.8 Å². The lowest BCUT2D eigenvalue weighted by Gasteiger charge is -2.09. The number of nitrogens with two attached hydrogens (primary N) is 1. The van der Waals surface area contributed by atoms with Gasteiger partial charge in [0.15, 0.2) is 0 Å². The SMILES string of the molecule is C/N=C(\COC(N)=O)c1ccc(-c2ccc(C)nc2)c(F)c1. The van der Waals surface area contributed by atoms with Gasteiger partial charge in [-0.25, -0.2) is 9.18 Å². The summed E-state index contributed by atoms with van der Waals surface area (Å²) in [5.74, 6) is -0.400. The summed E-state index contributed by atoms with van der Waals surface area (Å²) in [6.07, 6.45) is 0.724. The lowest BCUT2D eigenvalue weighted by Crippen LogP contribution is -2.19. The van der Waals surface area contributed by atoms with E-state index in [4.69, 9.17) is 10.5 Å². The van der Waals surface area contributed by atoms with Gasteiger partial charge in [0.05, 0.1) is 5.71 Å². The number of aromatic nitrogens is 1. The number of hydrogen-bond donors (Lipinski definition) is 1. The number of nitrogens with zero attached hydrogens (tertiary/aromatic N) is 2. The second-order valence-corrected chi connectivity index (χ2v) is 4.66. The Bertz CT molecular complexity index is 712. The van der Waals surface area contributed by atoms with Crippen LogP contribution in [0, 0.1) is 12.7 Å². The summed E-state index contributed by atoms with van der Waals surface area (Å²) in [5.41, 5.74) is 7.89. The number of aliphatic imine (C=N–C) groups is 1. The van der Waals surface area contributed by atoms with E-state index in [1.165, 1.54) is 13.1 Å². The fourth-order valence-electron chi connectivity index (χ4n) is 1.97. The van der Waals surface area contributed by atoms with Crippen LogP contribution in [0.2, 0.25) is 0 Å². The van der Waals surface area contributed by atoms with Gasteiger partial charge in [-0.2, -0.15) is 0 Å². The molecule has 22 heavy (non-hydrogen) atoms. The van der Waals surface area contributed by atoms with Gasteiger partial charge in [0, 0.05) is 35.6 Å². The van der Waals surface area contributed by atoms with Crippen molar-refractivity contribution in [3.05, 3.63) is 53.6 Å². The third-order valence-electron chi connectivity index (χ3n) is 3.15. The fourth-order valence-corrected chi connectivity index (χ4v) is 1.97. The van der Waals surface area contributed by atoms with Crippen LogP contribution in [0.5, 0.6) is 0 Å². The van der Waals surface area contributed by atoms with E-state index in [2.05, 4.69) is 9.98 Å². The first kappa shape index (κ1) is 15.6. The molecule has 0 saturated carbocycles. The van der Waals surface area contributed by atoms with Crippen molar-refractivity contribution in [2.45, 2.75) is 6.92 Å². The number of hydrogen-bond acceptors (Lipinski definition) is 4. The van der Waals surface area contributed by atoms with Gasteiger partial charge in [-0.15, -0.1) is 0 Å². The smallest absolute Gasteiger partial charge is 0.404 e. The molecule has 0 saturated heterocycles. The van der Waals surface area contributed by atoms with Crippen LogP contribution >= 0.6 is 0 Å². The minimum atomic E-state index is -0.899. The van der Waals surface area contributed by atoms with E-state index in [0.717, 1.165) is 5.69 Å². The van der Waals surface area contributed by atoms with Crippen LogP contribution in [0.3, 0.4) is 0 Å². The zero-order chi connectivity index (χ0) is 16.1. The Kier molecular flexibility index (Phi) is 4.83. The number of halogens is 1. The average Bonchev–Trinajstić information content (AvgIpc) is 2.49. The van der Waals surface area contributed by atoms with Crippen LogP contribution in [-0.2, 0) is 4.74 Å². The topological polar surface area (TPSA) is 77.6 Å². The lowest BCUT2D eigenvalue weighted by atomic mass is 10.0. The molecule has 0 aliphatic heterocycles. The number of aryl methyl sites for hydroxylation is 1. The first-order valence-corrected chi connectivity index (χ1v) is 6.62. The lowest BCUT2D eigenvalue weighted by molar-refractivity contribution is 0.173. The summed E-state index contributed by atoms with van der Waals surface area (Å²) in [7, 11) is 1.54. The first-order chi connectivity index (χ1) is 10.5. The monoisotopic (exact) mass is 301 g/mol. The summed E-state index contributed by atoms with van der Waals surface area (Å²) < 4.78 is 19.0. The number of amides is 1. The Labute approximate surface area is 127 Å². The molecule has 2 aromatic rings. The first-order valence-electron chi connectivity index (χ1n) is 6.62. The number of carbonyl (C=O) groups is 1. The van der Waals surface area contributed by atoms with E-state index < -0.39 is 11.9 Å². The van der Waals surface area contributed by atoms with Crippen LogP contribution in [0.4, 0.5) is 9.18 Å². The highest BCUT2D eigenvalue weighted by atomic mass is 19.1. The third kappa shape index (κ3) is 3.66. The minimum Gasteiger partial charge on any atom is -0.443 e. The summed E-state index contributed by atoms with van der Waals surface area (Å²) in [4.78, 5) is 18.8. The largest absolute Gasteiger partial charge is 0.443 e. The molecule has 2 rings (SSSR count). The number of primary amides is 1. The Balaban J connectivity index is 2.29. The Morgan fingerprint density at radius 1 is 1.36 bits per heavy atom. The second kappa shape index (κ2) is 6.80. The van der Waals surface area contributed by atoms with Crippen molar-refractivity contribution in [3.63, 3.8) is 0 Å². The molecule has 5 nitrogen and oxygen atoms in total. The van der Waals surface area contributed by atoms with Crippen LogP contribution in [0.25, 0.3) is 11.1 Å². The molecule has 0 bridgehead atoms. The molecule has 6 heteroatoms. The normalized spacial score (nSPS) is 11.3. The molecule has 2 N–H and O–H groups in total. The molecule has 114 valence electrons. The van der Waals surface area contributed by atoms with Crippen molar-refractivity contribution in [1.29, 1.82) is 0 Å². The molecule has 0 atom stereocenters. The molecular weight excluding hydrogens is 285 g/mol. The van der Waals surface area contributed by atoms with Crippen molar-refractivity contribution < 1.29 is 13.9 Å². The van der Waals surface area contributed by atoms with Crippen LogP contribution in [-0.4, -0.2) is 30.4 Å². The Morgan fingerprint density at radius 2 is 2.14 bits per heavy atom. The number of pyridine rings is 1. The standard InChI is InChI=1S/C16H16FN3O2/c1-10-3-4-12(8-20-10)13-6-5-11(7-14(13)17)15(19-2)9-22-16(18)21/h3-8H,9H2,1-2H3,(H2,18,21)/b19-15+. The van der Waals surface area contributed by atoms with Crippen LogP contribution < -0.4 is 5.73 Å². The van der Waals surface area contributed by atoms with Gasteiger partial charge in [-0.3, -0.25) is 9.98 Å². The van der Waals surface area contributed by atoms with Gasteiger partial charge in [0.25, 0.3) is 0 Å². The maximum Gasteiger partial charge on any atom is 0.404 e. The highest BCUT2D eigenvalue weighted by molar-refractivity contribution is 6.02. The molecule has 1 aromatic carbocycles. The van der Waals surface area contributed by atoms with E-state index in [1.54, 1.807) is 18.3 Å². The molecule has 0 aliphatic carbocycles. The van der Waals surface area contributed by atoms with Crippen molar-refractivity contribution in [1.82, 2.24) is 4.98 Å². The maximum absolute atomic E-state index is 14.3. The molecule has 0 aliphatic rings. The van der Waals surface area contributed by atoms with Gasteiger partial charge in [0.2, 0.25) is 0 Å². The molecule has 0 fully saturated rings. The quantitative estimate of drug-likeness (QED) is 0.882. The average molecular weight is 301 g/mol. The zero-order valence-electron chi connectivity index (χ0n) is 12.3. The predicted molar refractivity (Wildman–Crippen MR) is 82.4 cm³/mol. The number of carbonyl (C=O) groups excluding carboxylic acids is 1. The van der Waals surface area contributed by atoms with Crippen molar-refractivity contribution in [2.24, 2.45) is 10.7 Å². The Morgan fingerprint density at radius 3 is 2.68 bits per heavy atom. The Hall–Kier alpha value is -2.76. The van der Waals surface area contributed by atoms with Gasteiger partial charge in [-0.1, -0.05) is 18.2 Å². The summed E-state index contributed by atoms with van der Waals surface area (Å²) >= 11 is 0. The third-order valence-corrected chi connectivity index (χ3v) is 3.15. The summed E-state index contributed by atoms with van der Waals surface area (Å²) in [6, 6.07) is 8.34. The van der Waals surface area contributed by atoms with E-state index in [0.29, 0.717) is 22.4 Å². The highest BCUT2D eigenvalue weighted by Crippen LogP contribution is 2.23.